The SMILES string of the molecule is COc1cccc(COC(=O)c2cc(NC(C)=O)ccc2F)c1. The third-order valence-corrected chi connectivity index (χ3v) is 3.01. The van der Waals surface area contributed by atoms with Crippen molar-refractivity contribution in [3.8, 4) is 5.75 Å². The Hall–Kier alpha value is -2.89. The molecule has 2 aromatic rings. The zero-order valence-corrected chi connectivity index (χ0v) is 12.8. The van der Waals surface area contributed by atoms with Crippen molar-refractivity contribution in [3.05, 3.63) is 59.4 Å². The molecule has 0 unspecified atom stereocenters. The van der Waals surface area contributed by atoms with Crippen LogP contribution < -0.4 is 10.1 Å². The smallest absolute Gasteiger partial charge is 0.341 e. The van der Waals surface area contributed by atoms with E-state index in [4.69, 9.17) is 9.47 Å². The van der Waals surface area contributed by atoms with Crippen molar-refractivity contribution in [1.82, 2.24) is 0 Å². The van der Waals surface area contributed by atoms with Gasteiger partial charge in [0.2, 0.25) is 5.91 Å². The average Bonchev–Trinajstić information content (AvgIpc) is 2.54. The molecule has 0 saturated carbocycles. The summed E-state index contributed by atoms with van der Waals surface area (Å²) in [5.41, 5.74) is 0.808. The lowest BCUT2D eigenvalue weighted by molar-refractivity contribution is -0.114. The molecule has 0 aliphatic rings. The van der Waals surface area contributed by atoms with Crippen molar-refractivity contribution < 1.29 is 23.5 Å². The standard InChI is InChI=1S/C17H16FNO4/c1-11(20)19-13-6-7-16(18)15(9-13)17(21)23-10-12-4-3-5-14(8-12)22-2/h3-9H,10H2,1-2H3,(H,19,20). The third-order valence-electron chi connectivity index (χ3n) is 3.01. The molecule has 0 bridgehead atoms. The van der Waals surface area contributed by atoms with Crippen molar-refractivity contribution in [2.75, 3.05) is 12.4 Å². The number of ether oxygens (including phenoxy) is 2. The largest absolute Gasteiger partial charge is 0.497 e. The summed E-state index contributed by atoms with van der Waals surface area (Å²) < 4.78 is 24.0. The van der Waals surface area contributed by atoms with E-state index in [0.29, 0.717) is 11.4 Å². The zero-order chi connectivity index (χ0) is 16.8. The molecule has 0 aliphatic carbocycles. The van der Waals surface area contributed by atoms with E-state index in [2.05, 4.69) is 5.32 Å². The second-order valence-corrected chi connectivity index (χ2v) is 4.80. The Bertz CT molecular complexity index is 730. The van der Waals surface area contributed by atoms with Gasteiger partial charge in [-0.15, -0.1) is 0 Å². The lowest BCUT2D eigenvalue weighted by Crippen LogP contribution is -2.10. The molecule has 0 aromatic heterocycles. The molecular weight excluding hydrogens is 301 g/mol. The van der Waals surface area contributed by atoms with Crippen molar-refractivity contribution in [2.24, 2.45) is 0 Å². The van der Waals surface area contributed by atoms with Crippen LogP contribution >= 0.6 is 0 Å². The van der Waals surface area contributed by atoms with Gasteiger partial charge in [-0.3, -0.25) is 4.79 Å². The van der Waals surface area contributed by atoms with E-state index in [0.717, 1.165) is 11.6 Å². The molecule has 2 rings (SSSR count). The summed E-state index contributed by atoms with van der Waals surface area (Å²) in [6.07, 6.45) is 0. The molecule has 6 heteroatoms. The molecule has 2 aromatic carbocycles. The number of carbonyl (C=O) groups is 2. The molecule has 23 heavy (non-hydrogen) atoms. The van der Waals surface area contributed by atoms with Gasteiger partial charge in [0.15, 0.2) is 0 Å². The molecular formula is C17H16FNO4. The minimum Gasteiger partial charge on any atom is -0.497 e. The number of hydrogen-bond acceptors (Lipinski definition) is 4. The van der Waals surface area contributed by atoms with Crippen LogP contribution in [0.1, 0.15) is 22.8 Å². The molecule has 0 spiro atoms. The molecule has 0 heterocycles. The third kappa shape index (κ3) is 4.54. The molecule has 0 radical (unpaired) electrons. The Morgan fingerprint density at radius 3 is 2.65 bits per heavy atom. The van der Waals surface area contributed by atoms with Gasteiger partial charge < -0.3 is 14.8 Å². The van der Waals surface area contributed by atoms with Crippen LogP contribution in [0.2, 0.25) is 0 Å². The molecule has 0 saturated heterocycles. The van der Waals surface area contributed by atoms with Crippen LogP contribution in [0.4, 0.5) is 10.1 Å². The van der Waals surface area contributed by atoms with Crippen molar-refractivity contribution >= 4 is 17.6 Å². The van der Waals surface area contributed by atoms with E-state index in [9.17, 15) is 14.0 Å². The van der Waals surface area contributed by atoms with E-state index in [1.54, 1.807) is 24.3 Å². The Balaban J connectivity index is 2.09. The second-order valence-electron chi connectivity index (χ2n) is 4.80. The second kappa shape index (κ2) is 7.40. The van der Waals surface area contributed by atoms with Crippen LogP contribution in [0.25, 0.3) is 0 Å². The topological polar surface area (TPSA) is 64.6 Å². The van der Waals surface area contributed by atoms with Crippen LogP contribution in [-0.2, 0) is 16.1 Å². The maximum atomic E-state index is 13.8. The first-order valence-corrected chi connectivity index (χ1v) is 6.87. The highest BCUT2D eigenvalue weighted by molar-refractivity contribution is 5.93. The fourth-order valence-electron chi connectivity index (χ4n) is 1.95. The van der Waals surface area contributed by atoms with Gasteiger partial charge in [-0.25, -0.2) is 9.18 Å². The lowest BCUT2D eigenvalue weighted by atomic mass is 10.2. The molecule has 0 aliphatic heterocycles. The maximum Gasteiger partial charge on any atom is 0.341 e. The summed E-state index contributed by atoms with van der Waals surface area (Å²) >= 11 is 0. The zero-order valence-electron chi connectivity index (χ0n) is 12.8. The Morgan fingerprint density at radius 1 is 1.17 bits per heavy atom. The van der Waals surface area contributed by atoms with Gasteiger partial charge in [0.05, 0.1) is 12.7 Å². The van der Waals surface area contributed by atoms with E-state index < -0.39 is 11.8 Å². The molecule has 5 nitrogen and oxygen atoms in total. The monoisotopic (exact) mass is 317 g/mol. The number of esters is 1. The summed E-state index contributed by atoms with van der Waals surface area (Å²) in [6.45, 7) is 1.31. The average molecular weight is 317 g/mol. The van der Waals surface area contributed by atoms with E-state index in [1.165, 1.54) is 26.2 Å². The quantitative estimate of drug-likeness (QED) is 0.860. The molecule has 120 valence electrons. The van der Waals surface area contributed by atoms with E-state index in [1.807, 2.05) is 0 Å². The highest BCUT2D eigenvalue weighted by atomic mass is 19.1. The number of nitrogens with one attached hydrogen (secondary N) is 1. The van der Waals surface area contributed by atoms with Gasteiger partial charge in [0.25, 0.3) is 0 Å². The number of benzene rings is 2. The number of amides is 1. The fourth-order valence-corrected chi connectivity index (χ4v) is 1.95. The van der Waals surface area contributed by atoms with Gasteiger partial charge in [-0.1, -0.05) is 12.1 Å². The van der Waals surface area contributed by atoms with Gasteiger partial charge >= 0.3 is 5.97 Å². The highest BCUT2D eigenvalue weighted by Crippen LogP contribution is 2.18. The number of methoxy groups -OCH3 is 1. The molecule has 1 amide bonds. The number of halogens is 1. The van der Waals surface area contributed by atoms with E-state index in [-0.39, 0.29) is 18.1 Å². The number of anilines is 1. The van der Waals surface area contributed by atoms with E-state index >= 15 is 0 Å². The summed E-state index contributed by atoms with van der Waals surface area (Å²) in [6, 6.07) is 10.7. The maximum absolute atomic E-state index is 13.8. The lowest BCUT2D eigenvalue weighted by Gasteiger charge is -2.09. The fraction of sp³-hybridized carbons (Fsp3) is 0.176. The summed E-state index contributed by atoms with van der Waals surface area (Å²) in [4.78, 5) is 23.0. The van der Waals surface area contributed by atoms with Gasteiger partial charge in [-0.05, 0) is 35.9 Å². The van der Waals surface area contributed by atoms with Gasteiger partial charge in [0.1, 0.15) is 18.2 Å². The summed E-state index contributed by atoms with van der Waals surface area (Å²) in [5.74, 6) is -1.20. The molecule has 0 fully saturated rings. The van der Waals surface area contributed by atoms with Crippen molar-refractivity contribution in [3.63, 3.8) is 0 Å². The Kier molecular flexibility index (Phi) is 5.30. The Morgan fingerprint density at radius 2 is 1.96 bits per heavy atom. The van der Waals surface area contributed by atoms with Crippen LogP contribution in [0.3, 0.4) is 0 Å². The van der Waals surface area contributed by atoms with Crippen LogP contribution in [0.15, 0.2) is 42.5 Å². The Labute approximate surface area is 133 Å². The van der Waals surface area contributed by atoms with Crippen LogP contribution in [-0.4, -0.2) is 19.0 Å². The highest BCUT2D eigenvalue weighted by Gasteiger charge is 2.15. The first kappa shape index (κ1) is 16.5. The normalized spacial score (nSPS) is 10.0. The first-order valence-electron chi connectivity index (χ1n) is 6.87. The molecule has 1 N–H and O–H groups in total. The predicted molar refractivity (Wildman–Crippen MR) is 82.8 cm³/mol. The van der Waals surface area contributed by atoms with Gasteiger partial charge in [0, 0.05) is 12.6 Å². The van der Waals surface area contributed by atoms with Crippen LogP contribution in [0.5, 0.6) is 5.75 Å². The van der Waals surface area contributed by atoms with Crippen LogP contribution in [0, 0.1) is 5.82 Å². The summed E-state index contributed by atoms with van der Waals surface area (Å²) in [5, 5.41) is 2.49. The number of hydrogen-bond donors (Lipinski definition) is 1. The minimum absolute atomic E-state index is 0.0140. The minimum atomic E-state index is -0.808. The first-order chi connectivity index (χ1) is 11.0. The number of carbonyl (C=O) groups excluding carboxylic acids is 2. The van der Waals surface area contributed by atoms with Crippen molar-refractivity contribution in [1.29, 1.82) is 0 Å². The predicted octanol–water partition coefficient (Wildman–Crippen LogP) is 3.15. The molecule has 0 atom stereocenters. The van der Waals surface area contributed by atoms with Crippen molar-refractivity contribution in [2.45, 2.75) is 13.5 Å². The number of rotatable bonds is 5. The summed E-state index contributed by atoms with van der Waals surface area (Å²) in [7, 11) is 1.54. The van der Waals surface area contributed by atoms with Gasteiger partial charge in [-0.2, -0.15) is 0 Å².